The maximum absolute atomic E-state index is 9.60. The molecule has 2 aromatic carbocycles. The van der Waals surface area contributed by atoms with Gasteiger partial charge in [0.1, 0.15) is 29.2 Å². The van der Waals surface area contributed by atoms with Gasteiger partial charge in [0, 0.05) is 12.1 Å². The summed E-state index contributed by atoms with van der Waals surface area (Å²) in [6.07, 6.45) is 8.59. The molecule has 4 heterocycles. The summed E-state index contributed by atoms with van der Waals surface area (Å²) in [4.78, 5) is 22.9. The Labute approximate surface area is 274 Å². The molecule has 0 amide bonds. The first-order chi connectivity index (χ1) is 22.2. The van der Waals surface area contributed by atoms with Crippen molar-refractivity contribution in [3.05, 3.63) is 60.9 Å². The SMILES string of the molecule is CC.CC(C)(C)OC=O.CN1CCC(CN2CCCCC2)CC1.Nc1ncnc2n[nH]c(-c3ccc(Oc4ccccc4)cc3)c12. The van der Waals surface area contributed by atoms with Gasteiger partial charge in [-0.2, -0.15) is 5.10 Å². The second-order valence-electron chi connectivity index (χ2n) is 12.4. The van der Waals surface area contributed by atoms with Crippen LogP contribution in [-0.2, 0) is 9.53 Å². The molecule has 0 radical (unpaired) electrons. The average Bonchev–Trinajstić information content (AvgIpc) is 3.50. The van der Waals surface area contributed by atoms with Crippen LogP contribution in [0.2, 0.25) is 0 Å². The summed E-state index contributed by atoms with van der Waals surface area (Å²) in [6, 6.07) is 17.3. The van der Waals surface area contributed by atoms with Crippen LogP contribution in [0.25, 0.3) is 22.3 Å². The first-order valence-corrected chi connectivity index (χ1v) is 16.5. The molecule has 2 fully saturated rings. The highest BCUT2D eigenvalue weighted by Crippen LogP contribution is 2.30. The molecular weight excluding hydrogens is 578 g/mol. The van der Waals surface area contributed by atoms with Crippen LogP contribution in [0.3, 0.4) is 0 Å². The number of anilines is 1. The number of likely N-dealkylation sites (tertiary alicyclic amines) is 2. The Morgan fingerprint density at radius 1 is 0.913 bits per heavy atom. The first-order valence-electron chi connectivity index (χ1n) is 16.5. The fourth-order valence-corrected chi connectivity index (χ4v) is 5.30. The normalized spacial score (nSPS) is 15.7. The molecule has 0 unspecified atom stereocenters. The van der Waals surface area contributed by atoms with E-state index in [2.05, 4.69) is 41.7 Å². The van der Waals surface area contributed by atoms with Crippen molar-refractivity contribution < 1.29 is 14.3 Å². The summed E-state index contributed by atoms with van der Waals surface area (Å²) in [5.41, 5.74) is 7.91. The van der Waals surface area contributed by atoms with Crippen molar-refractivity contribution in [2.45, 2.75) is 72.3 Å². The Hall–Kier alpha value is -4.02. The zero-order valence-electron chi connectivity index (χ0n) is 28.5. The van der Waals surface area contributed by atoms with Gasteiger partial charge in [0.05, 0.1) is 11.1 Å². The van der Waals surface area contributed by atoms with Crippen molar-refractivity contribution in [2.24, 2.45) is 5.92 Å². The van der Waals surface area contributed by atoms with Crippen molar-refractivity contribution in [3.8, 4) is 22.8 Å². The van der Waals surface area contributed by atoms with E-state index in [4.69, 9.17) is 10.5 Å². The quantitative estimate of drug-likeness (QED) is 0.213. The zero-order chi connectivity index (χ0) is 33.4. The van der Waals surface area contributed by atoms with Gasteiger partial charge in [-0.05, 0) is 122 Å². The van der Waals surface area contributed by atoms with Gasteiger partial charge in [0.15, 0.2) is 5.65 Å². The van der Waals surface area contributed by atoms with Crippen LogP contribution in [0, 0.1) is 5.92 Å². The molecular formula is C36H53N7O3. The number of rotatable bonds is 6. The summed E-state index contributed by atoms with van der Waals surface area (Å²) in [6.45, 7) is 16.7. The molecule has 46 heavy (non-hydrogen) atoms. The summed E-state index contributed by atoms with van der Waals surface area (Å²) >= 11 is 0. The molecule has 2 aliphatic rings. The van der Waals surface area contributed by atoms with E-state index in [-0.39, 0.29) is 5.60 Å². The van der Waals surface area contributed by atoms with E-state index in [1.165, 1.54) is 71.2 Å². The molecule has 250 valence electrons. The van der Waals surface area contributed by atoms with E-state index in [9.17, 15) is 4.79 Å². The minimum absolute atomic E-state index is 0.318. The minimum Gasteiger partial charge on any atom is -0.462 e. The summed E-state index contributed by atoms with van der Waals surface area (Å²) in [5, 5.41) is 7.85. The zero-order valence-corrected chi connectivity index (χ0v) is 28.5. The first kappa shape index (κ1) is 36.4. The number of nitrogens with zero attached hydrogens (tertiary/aromatic N) is 5. The predicted octanol–water partition coefficient (Wildman–Crippen LogP) is 7.19. The molecule has 0 spiro atoms. The number of ether oxygens (including phenoxy) is 2. The minimum atomic E-state index is -0.318. The molecule has 3 N–H and O–H groups in total. The Morgan fingerprint density at radius 3 is 2.13 bits per heavy atom. The highest BCUT2D eigenvalue weighted by Gasteiger charge is 2.20. The van der Waals surface area contributed by atoms with Crippen LogP contribution < -0.4 is 10.5 Å². The number of H-pyrrole nitrogens is 1. The van der Waals surface area contributed by atoms with Gasteiger partial charge in [-0.1, -0.05) is 38.5 Å². The fourth-order valence-electron chi connectivity index (χ4n) is 5.30. The van der Waals surface area contributed by atoms with Gasteiger partial charge in [0.2, 0.25) is 0 Å². The predicted molar refractivity (Wildman–Crippen MR) is 187 cm³/mol. The van der Waals surface area contributed by atoms with Crippen molar-refractivity contribution in [1.29, 1.82) is 0 Å². The molecule has 0 bridgehead atoms. The number of para-hydroxylation sites is 1. The van der Waals surface area contributed by atoms with E-state index in [0.29, 0.717) is 17.9 Å². The van der Waals surface area contributed by atoms with E-state index in [0.717, 1.165) is 34.1 Å². The second-order valence-corrected chi connectivity index (χ2v) is 12.4. The summed E-state index contributed by atoms with van der Waals surface area (Å²) in [7, 11) is 2.25. The van der Waals surface area contributed by atoms with Crippen LogP contribution in [0.5, 0.6) is 11.5 Å². The van der Waals surface area contributed by atoms with Gasteiger partial charge >= 0.3 is 0 Å². The lowest BCUT2D eigenvalue weighted by Crippen LogP contribution is -2.39. The smallest absolute Gasteiger partial charge is 0.293 e. The fraction of sp³-hybridized carbons (Fsp3) is 0.500. The molecule has 2 aromatic heterocycles. The molecule has 10 heteroatoms. The number of nitrogens with two attached hydrogens (primary N) is 1. The number of nitrogens with one attached hydrogen (secondary N) is 1. The number of fused-ring (bicyclic) bond motifs is 1. The standard InChI is InChI=1S/C17H13N5O.C12H24N2.C5H10O2.C2H6/c18-16-14-15(21-22-17(14)20-10-19-16)11-6-8-13(9-7-11)23-12-4-2-1-3-5-12;1-13-9-5-12(6-10-13)11-14-7-3-2-4-8-14;1-5(2,3)7-4-6;1-2/h1-10H,(H3,18,19,20,21,22);12H,2-11H2,1H3;4H,1-3H3;1-2H3. The van der Waals surface area contributed by atoms with Gasteiger partial charge in [0.25, 0.3) is 6.47 Å². The Bertz CT molecular complexity index is 1410. The van der Waals surface area contributed by atoms with Crippen LogP contribution in [0.15, 0.2) is 60.9 Å². The molecule has 0 atom stereocenters. The van der Waals surface area contributed by atoms with Gasteiger partial charge in [-0.15, -0.1) is 0 Å². The third kappa shape index (κ3) is 12.1. The monoisotopic (exact) mass is 631 g/mol. The Kier molecular flexibility index (Phi) is 14.9. The number of nitrogen functional groups attached to an aromatic ring is 1. The second kappa shape index (κ2) is 18.8. The summed E-state index contributed by atoms with van der Waals surface area (Å²) < 4.78 is 10.3. The number of hydrogen-bond donors (Lipinski definition) is 2. The lowest BCUT2D eigenvalue weighted by molar-refractivity contribution is -0.138. The number of benzene rings is 2. The van der Waals surface area contributed by atoms with Crippen LogP contribution in [0.1, 0.15) is 66.7 Å². The number of hydrogen-bond acceptors (Lipinski definition) is 9. The van der Waals surface area contributed by atoms with Gasteiger partial charge in [-0.3, -0.25) is 9.89 Å². The third-order valence-corrected chi connectivity index (χ3v) is 7.71. The molecule has 6 rings (SSSR count). The molecule has 0 saturated carbocycles. The lowest BCUT2D eigenvalue weighted by Gasteiger charge is -2.34. The Balaban J connectivity index is 0.000000213. The van der Waals surface area contributed by atoms with Gasteiger partial charge < -0.3 is 25.0 Å². The highest BCUT2D eigenvalue weighted by molar-refractivity contribution is 5.97. The van der Waals surface area contributed by atoms with E-state index in [1.807, 2.05) is 89.2 Å². The molecule has 10 nitrogen and oxygen atoms in total. The molecule has 4 aromatic rings. The lowest BCUT2D eigenvalue weighted by atomic mass is 9.96. The number of carbonyl (C=O) groups excluding carboxylic acids is 1. The molecule has 2 saturated heterocycles. The Morgan fingerprint density at radius 2 is 1.54 bits per heavy atom. The molecule has 0 aliphatic carbocycles. The largest absolute Gasteiger partial charge is 0.462 e. The molecule has 2 aliphatic heterocycles. The van der Waals surface area contributed by atoms with Crippen molar-refractivity contribution in [2.75, 3.05) is 45.5 Å². The van der Waals surface area contributed by atoms with Crippen LogP contribution >= 0.6 is 0 Å². The van der Waals surface area contributed by atoms with E-state index >= 15 is 0 Å². The van der Waals surface area contributed by atoms with E-state index in [1.54, 1.807) is 0 Å². The van der Waals surface area contributed by atoms with Crippen molar-refractivity contribution in [1.82, 2.24) is 30.0 Å². The number of piperidine rings is 2. The highest BCUT2D eigenvalue weighted by atomic mass is 16.5. The van der Waals surface area contributed by atoms with Crippen LogP contribution in [-0.4, -0.2) is 81.8 Å². The number of carbonyl (C=O) groups is 1. The van der Waals surface area contributed by atoms with Crippen molar-refractivity contribution in [3.63, 3.8) is 0 Å². The van der Waals surface area contributed by atoms with Crippen molar-refractivity contribution >= 4 is 23.3 Å². The maximum Gasteiger partial charge on any atom is 0.293 e. The summed E-state index contributed by atoms with van der Waals surface area (Å²) in [5.74, 6) is 2.95. The van der Waals surface area contributed by atoms with Crippen LogP contribution in [0.4, 0.5) is 5.82 Å². The maximum atomic E-state index is 9.60. The average molecular weight is 632 g/mol. The van der Waals surface area contributed by atoms with E-state index < -0.39 is 0 Å². The van der Waals surface area contributed by atoms with Gasteiger partial charge in [-0.25, -0.2) is 9.97 Å². The third-order valence-electron chi connectivity index (χ3n) is 7.71. The topological polar surface area (TPSA) is 122 Å². The number of aromatic nitrogens is 4. The number of aromatic amines is 1.